The number of carbonyl (C=O) groups excluding carboxylic acids is 1. The van der Waals surface area contributed by atoms with E-state index in [1.54, 1.807) is 4.90 Å². The van der Waals surface area contributed by atoms with E-state index in [1.807, 2.05) is 39.5 Å². The van der Waals surface area contributed by atoms with E-state index in [4.69, 9.17) is 4.74 Å². The zero-order valence-electron chi connectivity index (χ0n) is 18.7. The molecule has 1 aromatic heterocycles. The van der Waals surface area contributed by atoms with Crippen molar-refractivity contribution in [2.24, 2.45) is 5.92 Å². The van der Waals surface area contributed by atoms with Crippen molar-refractivity contribution in [3.8, 4) is 0 Å². The van der Waals surface area contributed by atoms with E-state index in [-0.39, 0.29) is 23.6 Å². The summed E-state index contributed by atoms with van der Waals surface area (Å²) in [4.78, 5) is 31.4. The van der Waals surface area contributed by atoms with Crippen LogP contribution >= 0.6 is 0 Å². The van der Waals surface area contributed by atoms with Crippen LogP contribution in [0.25, 0.3) is 10.9 Å². The third-order valence-electron chi connectivity index (χ3n) is 6.46. The van der Waals surface area contributed by atoms with Crippen LogP contribution in [0.2, 0.25) is 0 Å². The van der Waals surface area contributed by atoms with Crippen LogP contribution in [-0.2, 0) is 4.74 Å². The third-order valence-corrected chi connectivity index (χ3v) is 6.46. The van der Waals surface area contributed by atoms with Gasteiger partial charge in [-0.2, -0.15) is 0 Å². The quantitative estimate of drug-likeness (QED) is 0.733. The largest absolute Gasteiger partial charge is 0.478 e. The molecular formula is C23H30FN3O4. The second kappa shape index (κ2) is 7.43. The van der Waals surface area contributed by atoms with Gasteiger partial charge in [0.2, 0.25) is 0 Å². The SMILES string of the molecule is Cc1[nH]c2c(C(=O)O)cc(F)c(N3C[C@@H]4CCCN(C(=O)OC(C)(C)C)[C@@H]4C3)c2c1C. The fourth-order valence-electron chi connectivity index (χ4n) is 4.99. The van der Waals surface area contributed by atoms with Crippen LogP contribution < -0.4 is 4.90 Å². The van der Waals surface area contributed by atoms with E-state index < -0.39 is 17.4 Å². The number of fused-ring (bicyclic) bond motifs is 2. The van der Waals surface area contributed by atoms with Crippen molar-refractivity contribution >= 4 is 28.7 Å². The molecule has 7 nitrogen and oxygen atoms in total. The minimum Gasteiger partial charge on any atom is -0.478 e. The molecule has 31 heavy (non-hydrogen) atoms. The number of aromatic carboxylic acids is 1. The number of hydrogen-bond donors (Lipinski definition) is 2. The Hall–Kier alpha value is -2.77. The molecule has 2 N–H and O–H groups in total. The van der Waals surface area contributed by atoms with Gasteiger partial charge >= 0.3 is 12.1 Å². The number of aromatic amines is 1. The maximum atomic E-state index is 15.3. The van der Waals surface area contributed by atoms with Crippen molar-refractivity contribution in [2.75, 3.05) is 24.5 Å². The molecule has 1 aromatic carbocycles. The highest BCUT2D eigenvalue weighted by Gasteiger charge is 2.43. The Bertz CT molecular complexity index is 1060. The molecule has 0 saturated carbocycles. The maximum absolute atomic E-state index is 15.3. The van der Waals surface area contributed by atoms with Gasteiger partial charge in [-0.15, -0.1) is 0 Å². The van der Waals surface area contributed by atoms with Gasteiger partial charge in [-0.05, 0) is 65.0 Å². The number of carbonyl (C=O) groups is 2. The Kier molecular flexibility index (Phi) is 5.14. The fourth-order valence-corrected chi connectivity index (χ4v) is 4.99. The molecule has 2 fully saturated rings. The van der Waals surface area contributed by atoms with Crippen molar-refractivity contribution in [1.29, 1.82) is 0 Å². The molecule has 2 saturated heterocycles. The van der Waals surface area contributed by atoms with Crippen LogP contribution in [0.3, 0.4) is 0 Å². The van der Waals surface area contributed by atoms with Crippen molar-refractivity contribution < 1.29 is 23.8 Å². The molecular weight excluding hydrogens is 401 g/mol. The number of benzene rings is 1. The first kappa shape index (κ1) is 21.5. The number of halogens is 1. The van der Waals surface area contributed by atoms with E-state index in [9.17, 15) is 14.7 Å². The van der Waals surface area contributed by atoms with Gasteiger partial charge in [0.1, 0.15) is 11.4 Å². The summed E-state index contributed by atoms with van der Waals surface area (Å²) in [5, 5.41) is 10.2. The van der Waals surface area contributed by atoms with Crippen LogP contribution in [0.1, 0.15) is 55.2 Å². The predicted octanol–water partition coefficient (Wildman–Crippen LogP) is 4.46. The average molecular weight is 432 g/mol. The Morgan fingerprint density at radius 1 is 1.26 bits per heavy atom. The molecule has 0 bridgehead atoms. The minimum absolute atomic E-state index is 0.0578. The number of carboxylic acids is 1. The summed E-state index contributed by atoms with van der Waals surface area (Å²) in [6, 6.07) is 1.04. The number of rotatable bonds is 2. The summed E-state index contributed by atoms with van der Waals surface area (Å²) in [6.45, 7) is 11.0. The summed E-state index contributed by atoms with van der Waals surface area (Å²) in [5.41, 5.74) is 1.87. The standard InChI is InChI=1S/C23H30FN3O4/c1-12-13(2)25-19-15(21(28)29)9-16(24)20(18(12)19)26-10-14-7-6-8-27(17(14)11-26)22(30)31-23(3,4)5/h9,14,17,25H,6-8,10-11H2,1-5H3,(H,28,29)/t14-,17+/m0/s1. The normalized spacial score (nSPS) is 21.5. The van der Waals surface area contributed by atoms with Crippen LogP contribution in [-0.4, -0.2) is 58.3 Å². The van der Waals surface area contributed by atoms with Gasteiger partial charge in [-0.1, -0.05) is 0 Å². The topological polar surface area (TPSA) is 85.9 Å². The molecule has 0 aliphatic carbocycles. The Balaban J connectivity index is 1.72. The van der Waals surface area contributed by atoms with Crippen LogP contribution in [0.5, 0.6) is 0 Å². The van der Waals surface area contributed by atoms with Crippen LogP contribution in [0, 0.1) is 25.6 Å². The molecule has 0 radical (unpaired) electrons. The third kappa shape index (κ3) is 3.72. The predicted molar refractivity (Wildman–Crippen MR) is 116 cm³/mol. The Labute approximate surface area is 181 Å². The highest BCUT2D eigenvalue weighted by molar-refractivity contribution is 6.08. The fraction of sp³-hybridized carbons (Fsp3) is 0.565. The molecule has 8 heteroatoms. The summed E-state index contributed by atoms with van der Waals surface area (Å²) in [7, 11) is 0. The number of anilines is 1. The monoisotopic (exact) mass is 431 g/mol. The molecule has 2 aromatic rings. The zero-order chi connectivity index (χ0) is 22.7. The number of nitrogens with zero attached hydrogens (tertiary/aromatic N) is 2. The maximum Gasteiger partial charge on any atom is 0.410 e. The highest BCUT2D eigenvalue weighted by atomic mass is 19.1. The number of aryl methyl sites for hydroxylation is 2. The average Bonchev–Trinajstić information content (AvgIpc) is 3.21. The summed E-state index contributed by atoms with van der Waals surface area (Å²) in [6.07, 6.45) is 1.51. The summed E-state index contributed by atoms with van der Waals surface area (Å²) in [5.74, 6) is -1.49. The highest BCUT2D eigenvalue weighted by Crippen LogP contribution is 2.41. The van der Waals surface area contributed by atoms with E-state index in [2.05, 4.69) is 4.98 Å². The summed E-state index contributed by atoms with van der Waals surface area (Å²) < 4.78 is 20.9. The number of nitrogens with one attached hydrogen (secondary N) is 1. The van der Waals surface area contributed by atoms with Gasteiger partial charge < -0.3 is 24.6 Å². The van der Waals surface area contributed by atoms with Crippen molar-refractivity contribution in [1.82, 2.24) is 9.88 Å². The molecule has 1 amide bonds. The van der Waals surface area contributed by atoms with E-state index in [0.29, 0.717) is 36.2 Å². The molecule has 0 spiro atoms. The molecule has 4 rings (SSSR count). The Morgan fingerprint density at radius 3 is 2.61 bits per heavy atom. The number of likely N-dealkylation sites (tertiary alicyclic amines) is 1. The smallest absolute Gasteiger partial charge is 0.410 e. The number of piperidine rings is 1. The molecule has 2 aliphatic heterocycles. The zero-order valence-corrected chi connectivity index (χ0v) is 18.7. The van der Waals surface area contributed by atoms with Gasteiger partial charge in [0.05, 0.1) is 22.8 Å². The first-order valence-electron chi connectivity index (χ1n) is 10.8. The van der Waals surface area contributed by atoms with Gasteiger partial charge in [-0.25, -0.2) is 14.0 Å². The molecule has 2 atom stereocenters. The molecule has 2 aliphatic rings. The van der Waals surface area contributed by atoms with Gasteiger partial charge in [0.15, 0.2) is 0 Å². The second-order valence-electron chi connectivity index (χ2n) is 9.73. The number of carboxylic acid groups (broad SMARTS) is 1. The van der Waals surface area contributed by atoms with E-state index in [0.717, 1.165) is 30.2 Å². The van der Waals surface area contributed by atoms with E-state index >= 15 is 4.39 Å². The Morgan fingerprint density at radius 2 is 1.97 bits per heavy atom. The second-order valence-corrected chi connectivity index (χ2v) is 9.73. The molecule has 168 valence electrons. The number of hydrogen-bond acceptors (Lipinski definition) is 4. The first-order chi connectivity index (χ1) is 14.5. The molecule has 0 unspecified atom stereocenters. The van der Waals surface area contributed by atoms with Crippen molar-refractivity contribution in [3.05, 3.63) is 28.7 Å². The van der Waals surface area contributed by atoms with Crippen molar-refractivity contribution in [3.63, 3.8) is 0 Å². The minimum atomic E-state index is -1.16. The lowest BCUT2D eigenvalue weighted by Crippen LogP contribution is -2.50. The van der Waals surface area contributed by atoms with Crippen LogP contribution in [0.15, 0.2) is 6.07 Å². The lowest BCUT2D eigenvalue weighted by atomic mass is 9.92. The first-order valence-corrected chi connectivity index (χ1v) is 10.8. The number of H-pyrrole nitrogens is 1. The number of amides is 1. The number of ether oxygens (including phenoxy) is 1. The van der Waals surface area contributed by atoms with Gasteiger partial charge in [0.25, 0.3) is 0 Å². The van der Waals surface area contributed by atoms with E-state index in [1.165, 1.54) is 0 Å². The lowest BCUT2D eigenvalue weighted by molar-refractivity contribution is 0.00668. The van der Waals surface area contributed by atoms with Crippen LogP contribution in [0.4, 0.5) is 14.9 Å². The lowest BCUT2D eigenvalue weighted by Gasteiger charge is -2.37. The molecule has 3 heterocycles. The van der Waals surface area contributed by atoms with Crippen molar-refractivity contribution in [2.45, 2.75) is 59.1 Å². The van der Waals surface area contributed by atoms with Gasteiger partial charge in [0, 0.05) is 30.7 Å². The summed E-state index contributed by atoms with van der Waals surface area (Å²) >= 11 is 0. The van der Waals surface area contributed by atoms with Gasteiger partial charge in [-0.3, -0.25) is 0 Å². The number of aromatic nitrogens is 1.